The highest BCUT2D eigenvalue weighted by molar-refractivity contribution is 7.89. The molecule has 0 radical (unpaired) electrons. The van der Waals surface area contributed by atoms with Crippen LogP contribution < -0.4 is 15.4 Å². The summed E-state index contributed by atoms with van der Waals surface area (Å²) in [7, 11) is -3.95. The second kappa shape index (κ2) is 9.65. The van der Waals surface area contributed by atoms with Gasteiger partial charge in [-0.1, -0.05) is 56.5 Å². The number of nitrogens with one attached hydrogen (secondary N) is 1. The summed E-state index contributed by atoms with van der Waals surface area (Å²) in [6, 6.07) is 12.7. The van der Waals surface area contributed by atoms with Crippen molar-refractivity contribution in [3.8, 4) is 0 Å². The van der Waals surface area contributed by atoms with Gasteiger partial charge >= 0.3 is 0 Å². The molecule has 2 amide bonds. The van der Waals surface area contributed by atoms with E-state index < -0.39 is 16.1 Å². The number of sulfonamides is 1. The zero-order valence-electron chi connectivity index (χ0n) is 18.9. The van der Waals surface area contributed by atoms with E-state index in [1.54, 1.807) is 11.0 Å². The molecule has 2 aromatic rings. The number of nitrogens with two attached hydrogens (primary N) is 1. The molecule has 1 aliphatic heterocycles. The Kier molecular flexibility index (Phi) is 6.86. The van der Waals surface area contributed by atoms with Crippen LogP contribution in [-0.4, -0.2) is 20.2 Å². The van der Waals surface area contributed by atoms with Crippen LogP contribution in [0.2, 0.25) is 0 Å². The molecule has 0 aromatic heterocycles. The standard InChI is InChI=1S/C25H31N3O4S/c1-2-3-7-17-10-12-19(13-11-17)25(30)28-22-15-14-20(33(26,31)32)16-21(22)27-24(29)23(28)18-8-5-4-6-9-18/h4-6,8-9,14-17,19,23H,2-3,7,10-13H2,1H3,(H,27,29)(H2,26,31,32). The van der Waals surface area contributed by atoms with Gasteiger partial charge in [0.1, 0.15) is 6.04 Å². The van der Waals surface area contributed by atoms with Crippen LogP contribution >= 0.6 is 0 Å². The average Bonchev–Trinajstić information content (AvgIpc) is 2.81. The number of nitrogens with zero attached hydrogens (tertiary/aromatic N) is 1. The molecule has 2 aliphatic rings. The molecular formula is C25H31N3O4S. The molecule has 8 heteroatoms. The summed E-state index contributed by atoms with van der Waals surface area (Å²) in [5, 5.41) is 8.07. The number of benzene rings is 2. The lowest BCUT2D eigenvalue weighted by Gasteiger charge is -2.40. The Morgan fingerprint density at radius 1 is 1.09 bits per heavy atom. The minimum absolute atomic E-state index is 0.0859. The third-order valence-electron chi connectivity index (χ3n) is 6.84. The molecule has 0 spiro atoms. The van der Waals surface area contributed by atoms with Gasteiger partial charge in [0.2, 0.25) is 15.9 Å². The molecule has 33 heavy (non-hydrogen) atoms. The molecule has 1 saturated carbocycles. The topological polar surface area (TPSA) is 110 Å². The molecule has 3 N–H and O–H groups in total. The number of amides is 2. The predicted octanol–water partition coefficient (Wildman–Crippen LogP) is 4.36. The predicted molar refractivity (Wildman–Crippen MR) is 128 cm³/mol. The third kappa shape index (κ3) is 4.96. The van der Waals surface area contributed by atoms with Crippen molar-refractivity contribution in [3.63, 3.8) is 0 Å². The largest absolute Gasteiger partial charge is 0.322 e. The number of carbonyl (C=O) groups excluding carboxylic acids is 2. The van der Waals surface area contributed by atoms with Crippen LogP contribution in [0.4, 0.5) is 11.4 Å². The molecule has 176 valence electrons. The Bertz CT molecular complexity index is 1130. The molecule has 0 bridgehead atoms. The highest BCUT2D eigenvalue weighted by atomic mass is 32.2. The van der Waals surface area contributed by atoms with Gasteiger partial charge in [-0.25, -0.2) is 13.6 Å². The van der Waals surface area contributed by atoms with E-state index in [0.29, 0.717) is 17.2 Å². The van der Waals surface area contributed by atoms with Gasteiger partial charge in [-0.2, -0.15) is 0 Å². The van der Waals surface area contributed by atoms with Crippen molar-refractivity contribution in [2.45, 2.75) is 62.8 Å². The zero-order valence-corrected chi connectivity index (χ0v) is 19.7. The Hall–Kier alpha value is -2.71. The molecule has 1 fully saturated rings. The van der Waals surface area contributed by atoms with Crippen LogP contribution in [0.15, 0.2) is 53.4 Å². The summed E-state index contributed by atoms with van der Waals surface area (Å²) in [5.41, 5.74) is 1.49. The first kappa shape index (κ1) is 23.4. The smallest absolute Gasteiger partial charge is 0.252 e. The van der Waals surface area contributed by atoms with Crippen molar-refractivity contribution >= 4 is 33.2 Å². The average molecular weight is 470 g/mol. The fraction of sp³-hybridized carbons (Fsp3) is 0.440. The van der Waals surface area contributed by atoms with Crippen molar-refractivity contribution in [1.82, 2.24) is 0 Å². The fourth-order valence-electron chi connectivity index (χ4n) is 5.03. The summed E-state index contributed by atoms with van der Waals surface area (Å²) in [4.78, 5) is 28.5. The number of hydrogen-bond donors (Lipinski definition) is 2. The maximum absolute atomic E-state index is 13.9. The van der Waals surface area contributed by atoms with Gasteiger partial charge in [0.05, 0.1) is 16.3 Å². The SMILES string of the molecule is CCCCC1CCC(C(=O)N2c3ccc(S(N)(=O)=O)cc3NC(=O)C2c2ccccc2)CC1. The lowest BCUT2D eigenvalue weighted by atomic mass is 9.79. The van der Waals surface area contributed by atoms with Gasteiger partial charge in [0.15, 0.2) is 0 Å². The number of fused-ring (bicyclic) bond motifs is 1. The Balaban J connectivity index is 1.69. The van der Waals surface area contributed by atoms with Crippen LogP contribution in [-0.2, 0) is 19.6 Å². The number of unbranched alkanes of at least 4 members (excludes halogenated alkanes) is 1. The second-order valence-electron chi connectivity index (χ2n) is 9.09. The molecule has 1 unspecified atom stereocenters. The molecule has 1 heterocycles. The first-order valence-electron chi connectivity index (χ1n) is 11.6. The second-order valence-corrected chi connectivity index (χ2v) is 10.7. The minimum Gasteiger partial charge on any atom is -0.322 e. The molecule has 2 aromatic carbocycles. The summed E-state index contributed by atoms with van der Waals surface area (Å²) in [6.07, 6.45) is 7.24. The minimum atomic E-state index is -3.95. The van der Waals surface area contributed by atoms with Gasteiger partial charge in [-0.3, -0.25) is 14.5 Å². The van der Waals surface area contributed by atoms with E-state index >= 15 is 0 Å². The van der Waals surface area contributed by atoms with E-state index in [1.165, 1.54) is 31.4 Å². The van der Waals surface area contributed by atoms with Crippen LogP contribution in [0.3, 0.4) is 0 Å². The quantitative estimate of drug-likeness (QED) is 0.655. The summed E-state index contributed by atoms with van der Waals surface area (Å²) in [5.74, 6) is 0.0430. The highest BCUT2D eigenvalue weighted by Crippen LogP contribution is 2.42. The Morgan fingerprint density at radius 2 is 1.79 bits per heavy atom. The first-order chi connectivity index (χ1) is 15.8. The van der Waals surface area contributed by atoms with Crippen molar-refractivity contribution in [3.05, 3.63) is 54.1 Å². The normalized spacial score (nSPS) is 23.0. The van der Waals surface area contributed by atoms with Crippen LogP contribution in [0.5, 0.6) is 0 Å². The zero-order chi connectivity index (χ0) is 23.6. The lowest BCUT2D eigenvalue weighted by Crippen LogP contribution is -2.48. The Morgan fingerprint density at radius 3 is 2.42 bits per heavy atom. The van der Waals surface area contributed by atoms with Crippen molar-refractivity contribution in [2.75, 3.05) is 10.2 Å². The van der Waals surface area contributed by atoms with Crippen molar-refractivity contribution in [1.29, 1.82) is 0 Å². The number of primary sulfonamides is 1. The van der Waals surface area contributed by atoms with E-state index in [1.807, 2.05) is 30.3 Å². The van der Waals surface area contributed by atoms with Gasteiger partial charge in [0.25, 0.3) is 5.91 Å². The molecule has 1 atom stereocenters. The summed E-state index contributed by atoms with van der Waals surface area (Å²) < 4.78 is 23.7. The van der Waals surface area contributed by atoms with E-state index in [9.17, 15) is 18.0 Å². The fourth-order valence-corrected chi connectivity index (χ4v) is 5.57. The van der Waals surface area contributed by atoms with E-state index in [-0.39, 0.29) is 28.3 Å². The molecule has 0 saturated heterocycles. The monoisotopic (exact) mass is 469 g/mol. The molecule has 4 rings (SSSR count). The van der Waals surface area contributed by atoms with Crippen LogP contribution in [0.1, 0.15) is 63.5 Å². The summed E-state index contributed by atoms with van der Waals surface area (Å²) in [6.45, 7) is 2.19. The van der Waals surface area contributed by atoms with Crippen LogP contribution in [0.25, 0.3) is 0 Å². The number of carbonyl (C=O) groups is 2. The molecule has 7 nitrogen and oxygen atoms in total. The van der Waals surface area contributed by atoms with E-state index in [4.69, 9.17) is 5.14 Å². The van der Waals surface area contributed by atoms with E-state index in [2.05, 4.69) is 12.2 Å². The van der Waals surface area contributed by atoms with Crippen molar-refractivity contribution in [2.24, 2.45) is 17.0 Å². The van der Waals surface area contributed by atoms with Gasteiger partial charge in [-0.05, 0) is 55.4 Å². The molecule has 1 aliphatic carbocycles. The van der Waals surface area contributed by atoms with Gasteiger partial charge in [0, 0.05) is 5.92 Å². The number of anilines is 2. The maximum Gasteiger partial charge on any atom is 0.252 e. The maximum atomic E-state index is 13.9. The highest BCUT2D eigenvalue weighted by Gasteiger charge is 2.41. The van der Waals surface area contributed by atoms with Crippen LogP contribution in [0, 0.1) is 11.8 Å². The van der Waals surface area contributed by atoms with Gasteiger partial charge in [-0.15, -0.1) is 0 Å². The first-order valence-corrected chi connectivity index (χ1v) is 13.2. The summed E-state index contributed by atoms with van der Waals surface area (Å²) >= 11 is 0. The molecular weight excluding hydrogens is 438 g/mol. The lowest BCUT2D eigenvalue weighted by molar-refractivity contribution is -0.127. The number of rotatable bonds is 6. The van der Waals surface area contributed by atoms with E-state index in [0.717, 1.165) is 25.7 Å². The Labute approximate surface area is 195 Å². The van der Waals surface area contributed by atoms with Gasteiger partial charge < -0.3 is 5.32 Å². The third-order valence-corrected chi connectivity index (χ3v) is 7.75. The number of hydrogen-bond acceptors (Lipinski definition) is 4. The van der Waals surface area contributed by atoms with Crippen molar-refractivity contribution < 1.29 is 18.0 Å².